The summed E-state index contributed by atoms with van der Waals surface area (Å²) in [5.41, 5.74) is 1.46. The van der Waals surface area contributed by atoms with Crippen molar-refractivity contribution in [3.8, 4) is 11.5 Å². The maximum absolute atomic E-state index is 13.3. The molecule has 0 radical (unpaired) electrons. The van der Waals surface area contributed by atoms with Crippen molar-refractivity contribution in [2.24, 2.45) is 0 Å². The number of benzene rings is 3. The van der Waals surface area contributed by atoms with Gasteiger partial charge in [-0.1, -0.05) is 55.5 Å². The Balaban J connectivity index is 1.93. The molecule has 0 bridgehead atoms. The standard InChI is InChI=1S/C23H18O3/c1-2-14-25-23-20(24)13-11-16-7-5-9-18(21(16)23)26-19-12-10-15-6-3-4-8-17(15)22(19)23/h3-13H,2,14H2,1H3/t23-/m0/s1. The summed E-state index contributed by atoms with van der Waals surface area (Å²) in [6, 6.07) is 17.9. The molecule has 1 atom stereocenters. The molecule has 1 aliphatic carbocycles. The molecule has 26 heavy (non-hydrogen) atoms. The molecule has 1 heterocycles. The lowest BCUT2D eigenvalue weighted by Crippen LogP contribution is -2.43. The lowest BCUT2D eigenvalue weighted by atomic mass is 9.73. The Morgan fingerprint density at radius 1 is 0.923 bits per heavy atom. The fourth-order valence-electron chi connectivity index (χ4n) is 4.09. The highest BCUT2D eigenvalue weighted by Crippen LogP contribution is 2.54. The van der Waals surface area contributed by atoms with E-state index in [1.165, 1.54) is 0 Å². The van der Waals surface area contributed by atoms with Crippen molar-refractivity contribution in [3.05, 3.63) is 77.4 Å². The molecule has 0 unspecified atom stereocenters. The topological polar surface area (TPSA) is 35.5 Å². The molecule has 0 spiro atoms. The molecular formula is C23H18O3. The van der Waals surface area contributed by atoms with Crippen LogP contribution in [0.2, 0.25) is 0 Å². The molecule has 3 nitrogen and oxygen atoms in total. The number of ether oxygens (including phenoxy) is 2. The van der Waals surface area contributed by atoms with Crippen molar-refractivity contribution in [2.75, 3.05) is 6.61 Å². The van der Waals surface area contributed by atoms with Gasteiger partial charge in [-0.2, -0.15) is 0 Å². The molecule has 0 saturated carbocycles. The lowest BCUT2D eigenvalue weighted by Gasteiger charge is -2.41. The maximum atomic E-state index is 13.3. The quantitative estimate of drug-likeness (QED) is 0.655. The monoisotopic (exact) mass is 342 g/mol. The molecule has 0 saturated heterocycles. The number of ketones is 1. The lowest BCUT2D eigenvalue weighted by molar-refractivity contribution is -0.136. The molecule has 0 fully saturated rings. The predicted octanol–water partition coefficient (Wildman–Crippen LogP) is 5.21. The van der Waals surface area contributed by atoms with E-state index < -0.39 is 5.60 Å². The molecule has 5 rings (SSSR count). The third-order valence-electron chi connectivity index (χ3n) is 5.16. The van der Waals surface area contributed by atoms with E-state index in [2.05, 4.69) is 6.92 Å². The van der Waals surface area contributed by atoms with Gasteiger partial charge in [0.1, 0.15) is 11.5 Å². The molecule has 2 aliphatic rings. The van der Waals surface area contributed by atoms with E-state index in [1.807, 2.05) is 60.7 Å². The van der Waals surface area contributed by atoms with Crippen LogP contribution in [0.5, 0.6) is 11.5 Å². The first kappa shape index (κ1) is 15.4. The zero-order valence-corrected chi connectivity index (χ0v) is 14.5. The van der Waals surface area contributed by atoms with E-state index >= 15 is 0 Å². The Hall–Kier alpha value is -2.91. The summed E-state index contributed by atoms with van der Waals surface area (Å²) in [5.74, 6) is 1.33. The van der Waals surface area contributed by atoms with Crippen molar-refractivity contribution in [3.63, 3.8) is 0 Å². The van der Waals surface area contributed by atoms with Gasteiger partial charge in [-0.05, 0) is 41.0 Å². The van der Waals surface area contributed by atoms with Crippen LogP contribution in [0.1, 0.15) is 30.0 Å². The van der Waals surface area contributed by atoms with E-state index in [9.17, 15) is 4.79 Å². The third kappa shape index (κ3) is 1.89. The van der Waals surface area contributed by atoms with Gasteiger partial charge < -0.3 is 9.47 Å². The molecule has 3 aromatic carbocycles. The van der Waals surface area contributed by atoms with Crippen LogP contribution in [-0.4, -0.2) is 12.4 Å². The predicted molar refractivity (Wildman–Crippen MR) is 102 cm³/mol. The third-order valence-corrected chi connectivity index (χ3v) is 5.16. The average Bonchev–Trinajstić information content (AvgIpc) is 2.68. The van der Waals surface area contributed by atoms with Crippen LogP contribution in [0.15, 0.2) is 60.7 Å². The summed E-state index contributed by atoms with van der Waals surface area (Å²) in [6.45, 7) is 2.55. The number of carbonyl (C=O) groups is 1. The fourth-order valence-corrected chi connectivity index (χ4v) is 4.09. The summed E-state index contributed by atoms with van der Waals surface area (Å²) < 4.78 is 12.6. The number of fused-ring (bicyclic) bond motifs is 4. The SMILES string of the molecule is CCCO[C@@]12C(=O)C=Cc3cccc(c31)Oc1ccc3ccccc3c12. The van der Waals surface area contributed by atoms with E-state index in [0.29, 0.717) is 18.1 Å². The fraction of sp³-hybridized carbons (Fsp3) is 0.174. The highest BCUT2D eigenvalue weighted by Gasteiger charge is 2.51. The van der Waals surface area contributed by atoms with Gasteiger partial charge in [0.2, 0.25) is 0 Å². The Kier molecular flexibility index (Phi) is 3.28. The van der Waals surface area contributed by atoms with Crippen molar-refractivity contribution >= 4 is 22.6 Å². The van der Waals surface area contributed by atoms with Crippen LogP contribution in [0.25, 0.3) is 16.8 Å². The van der Waals surface area contributed by atoms with Crippen LogP contribution in [0, 0.1) is 0 Å². The highest BCUT2D eigenvalue weighted by atomic mass is 16.5. The van der Waals surface area contributed by atoms with Crippen molar-refractivity contribution in [1.82, 2.24) is 0 Å². The van der Waals surface area contributed by atoms with E-state index in [0.717, 1.165) is 33.9 Å². The summed E-state index contributed by atoms with van der Waals surface area (Å²) in [5, 5.41) is 2.06. The van der Waals surface area contributed by atoms with Gasteiger partial charge in [-0.3, -0.25) is 4.79 Å². The minimum atomic E-state index is -1.15. The number of hydrogen-bond donors (Lipinski definition) is 0. The van der Waals surface area contributed by atoms with E-state index in [4.69, 9.17) is 9.47 Å². The summed E-state index contributed by atoms with van der Waals surface area (Å²) in [6.07, 6.45) is 4.32. The van der Waals surface area contributed by atoms with Gasteiger partial charge in [0.15, 0.2) is 11.4 Å². The Labute approximate surface area is 151 Å². The van der Waals surface area contributed by atoms with Crippen molar-refractivity contribution < 1.29 is 14.3 Å². The minimum Gasteiger partial charge on any atom is -0.456 e. The van der Waals surface area contributed by atoms with Gasteiger partial charge in [0, 0.05) is 17.7 Å². The second-order valence-electron chi connectivity index (χ2n) is 6.71. The summed E-state index contributed by atoms with van der Waals surface area (Å²) >= 11 is 0. The van der Waals surface area contributed by atoms with Crippen LogP contribution in [-0.2, 0) is 15.1 Å². The van der Waals surface area contributed by atoms with Gasteiger partial charge in [-0.15, -0.1) is 0 Å². The van der Waals surface area contributed by atoms with Gasteiger partial charge in [0.25, 0.3) is 0 Å². The Bertz CT molecular complexity index is 1080. The largest absolute Gasteiger partial charge is 0.456 e. The maximum Gasteiger partial charge on any atom is 0.197 e. The summed E-state index contributed by atoms with van der Waals surface area (Å²) in [4.78, 5) is 13.3. The second-order valence-corrected chi connectivity index (χ2v) is 6.71. The Morgan fingerprint density at radius 2 is 1.77 bits per heavy atom. The first-order valence-corrected chi connectivity index (χ1v) is 8.96. The van der Waals surface area contributed by atoms with Crippen LogP contribution in [0.4, 0.5) is 0 Å². The van der Waals surface area contributed by atoms with Crippen molar-refractivity contribution in [1.29, 1.82) is 0 Å². The van der Waals surface area contributed by atoms with E-state index in [1.54, 1.807) is 6.08 Å². The highest BCUT2D eigenvalue weighted by molar-refractivity contribution is 6.10. The zero-order chi connectivity index (χ0) is 17.7. The normalized spacial score (nSPS) is 19.8. The molecule has 0 N–H and O–H groups in total. The molecule has 1 aliphatic heterocycles. The smallest absolute Gasteiger partial charge is 0.197 e. The minimum absolute atomic E-state index is 0.0493. The van der Waals surface area contributed by atoms with Gasteiger partial charge in [-0.25, -0.2) is 0 Å². The second kappa shape index (κ2) is 5.55. The van der Waals surface area contributed by atoms with Gasteiger partial charge in [0.05, 0.1) is 0 Å². The molecule has 0 aromatic heterocycles. The van der Waals surface area contributed by atoms with Gasteiger partial charge >= 0.3 is 0 Å². The molecule has 3 aromatic rings. The first-order chi connectivity index (χ1) is 12.8. The molecular weight excluding hydrogens is 324 g/mol. The van der Waals surface area contributed by atoms with Crippen LogP contribution in [0.3, 0.4) is 0 Å². The molecule has 128 valence electrons. The Morgan fingerprint density at radius 3 is 2.65 bits per heavy atom. The van der Waals surface area contributed by atoms with E-state index in [-0.39, 0.29) is 5.78 Å². The molecule has 3 heteroatoms. The number of hydrogen-bond acceptors (Lipinski definition) is 3. The number of carbonyl (C=O) groups excluding carboxylic acids is 1. The summed E-state index contributed by atoms with van der Waals surface area (Å²) in [7, 11) is 0. The van der Waals surface area contributed by atoms with Crippen LogP contribution >= 0.6 is 0 Å². The number of rotatable bonds is 3. The van der Waals surface area contributed by atoms with Crippen molar-refractivity contribution in [2.45, 2.75) is 18.9 Å². The zero-order valence-electron chi connectivity index (χ0n) is 14.5. The average molecular weight is 342 g/mol. The first-order valence-electron chi connectivity index (χ1n) is 8.96. The molecule has 0 amide bonds. The van der Waals surface area contributed by atoms with Crippen LogP contribution < -0.4 is 4.74 Å².